The summed E-state index contributed by atoms with van der Waals surface area (Å²) < 4.78 is 86.2. The Bertz CT molecular complexity index is 783. The zero-order chi connectivity index (χ0) is 19.8. The van der Waals surface area contributed by atoms with Crippen LogP contribution in [-0.4, -0.2) is 0 Å². The summed E-state index contributed by atoms with van der Waals surface area (Å²) in [5.41, 5.74) is -2.18. The van der Waals surface area contributed by atoms with E-state index in [0.717, 1.165) is 6.92 Å². The molecule has 0 fully saturated rings. The third-order valence-electron chi connectivity index (χ3n) is 4.58. The molecule has 0 aliphatic heterocycles. The molecule has 0 heterocycles. The summed E-state index contributed by atoms with van der Waals surface area (Å²) in [6.07, 6.45) is 0.918. The molecule has 0 aliphatic carbocycles. The summed E-state index contributed by atoms with van der Waals surface area (Å²) in [7, 11) is 0. The van der Waals surface area contributed by atoms with E-state index in [1.807, 2.05) is 0 Å². The van der Waals surface area contributed by atoms with Crippen LogP contribution in [0.3, 0.4) is 0 Å². The van der Waals surface area contributed by atoms with Crippen LogP contribution in [0.25, 0.3) is 11.1 Å². The van der Waals surface area contributed by atoms with Crippen molar-refractivity contribution in [1.29, 1.82) is 0 Å². The van der Waals surface area contributed by atoms with Crippen molar-refractivity contribution in [3.05, 3.63) is 57.2 Å². The van der Waals surface area contributed by atoms with E-state index in [9.17, 15) is 26.3 Å². The van der Waals surface area contributed by atoms with Gasteiger partial charge in [-0.05, 0) is 43.4 Å². The molecule has 26 heavy (non-hydrogen) atoms. The highest BCUT2D eigenvalue weighted by Crippen LogP contribution is 2.40. The topological polar surface area (TPSA) is 0 Å². The van der Waals surface area contributed by atoms with Crippen LogP contribution in [0.15, 0.2) is 0 Å². The predicted molar refractivity (Wildman–Crippen MR) is 89.1 cm³/mol. The predicted octanol–water partition coefficient (Wildman–Crippen LogP) is 6.71. The first-order valence-corrected chi connectivity index (χ1v) is 8.51. The van der Waals surface area contributed by atoms with Crippen molar-refractivity contribution in [2.24, 2.45) is 0 Å². The molecule has 0 amide bonds. The fourth-order valence-corrected chi connectivity index (χ4v) is 3.23. The summed E-state index contributed by atoms with van der Waals surface area (Å²) >= 11 is 0. The smallest absolute Gasteiger partial charge is 0.195 e. The molecule has 2 aromatic carbocycles. The summed E-state index contributed by atoms with van der Waals surface area (Å²) in [6.45, 7) is 5.74. The third-order valence-corrected chi connectivity index (χ3v) is 4.58. The first kappa shape index (κ1) is 20.3. The van der Waals surface area contributed by atoms with Crippen LogP contribution in [0.5, 0.6) is 0 Å². The van der Waals surface area contributed by atoms with Crippen LogP contribution in [-0.2, 0) is 12.8 Å². The van der Waals surface area contributed by atoms with Gasteiger partial charge in [-0.2, -0.15) is 0 Å². The van der Waals surface area contributed by atoms with Crippen LogP contribution in [0.1, 0.15) is 48.9 Å². The van der Waals surface area contributed by atoms with Crippen LogP contribution >= 0.6 is 0 Å². The maximum Gasteiger partial charge on any atom is 0.195 e. The number of hydrogen-bond acceptors (Lipinski definition) is 0. The highest BCUT2D eigenvalue weighted by Gasteiger charge is 2.30. The molecule has 0 radical (unpaired) electrons. The van der Waals surface area contributed by atoms with Gasteiger partial charge >= 0.3 is 0 Å². The summed E-state index contributed by atoms with van der Waals surface area (Å²) in [6, 6.07) is 0. The normalized spacial score (nSPS) is 11.3. The number of hydrogen-bond donors (Lipinski definition) is 0. The van der Waals surface area contributed by atoms with Crippen LogP contribution in [0.2, 0.25) is 0 Å². The fraction of sp³-hybridized carbons (Fsp3) is 0.400. The molecule has 0 saturated heterocycles. The number of halogens is 6. The highest BCUT2D eigenvalue weighted by molar-refractivity contribution is 5.74. The van der Waals surface area contributed by atoms with Crippen LogP contribution in [0.4, 0.5) is 26.3 Å². The highest BCUT2D eigenvalue weighted by atomic mass is 19.2. The second-order valence-electron chi connectivity index (χ2n) is 6.34. The van der Waals surface area contributed by atoms with Crippen molar-refractivity contribution in [3.63, 3.8) is 0 Å². The minimum atomic E-state index is -1.78. The molecule has 0 atom stereocenters. The fourth-order valence-electron chi connectivity index (χ4n) is 3.23. The molecule has 0 N–H and O–H groups in total. The van der Waals surface area contributed by atoms with Gasteiger partial charge in [0, 0.05) is 16.7 Å². The van der Waals surface area contributed by atoms with E-state index < -0.39 is 51.6 Å². The Balaban J connectivity index is 3.06. The Morgan fingerprint density at radius 2 is 0.923 bits per heavy atom. The minimum Gasteiger partial charge on any atom is -0.206 e. The molecular weight excluding hydrogens is 354 g/mol. The number of benzene rings is 2. The van der Waals surface area contributed by atoms with Crippen molar-refractivity contribution >= 4 is 0 Å². The summed E-state index contributed by atoms with van der Waals surface area (Å²) in [5.74, 6) is -8.68. The Morgan fingerprint density at radius 1 is 0.500 bits per heavy atom. The van der Waals surface area contributed by atoms with Crippen LogP contribution < -0.4 is 0 Å². The second kappa shape index (κ2) is 7.72. The molecule has 0 saturated carbocycles. The first-order chi connectivity index (χ1) is 12.2. The van der Waals surface area contributed by atoms with Gasteiger partial charge in [0.1, 0.15) is 5.82 Å². The van der Waals surface area contributed by atoms with E-state index in [0.29, 0.717) is 12.8 Å². The third kappa shape index (κ3) is 3.10. The molecular formula is C20H20F6. The standard InChI is InChI=1S/C20H20F6/c1-5-7-11-9(3)16(22)20(26)19(25)13(11)14-12(8-6-2)15(21)10(4)17(23)18(14)24/h5-8H2,1-4H3. The molecule has 0 bridgehead atoms. The van der Waals surface area contributed by atoms with E-state index in [4.69, 9.17) is 0 Å². The molecule has 0 nitrogen and oxygen atoms in total. The molecule has 2 rings (SSSR count). The molecule has 6 heteroatoms. The lowest BCUT2D eigenvalue weighted by Crippen LogP contribution is -2.11. The molecule has 0 spiro atoms. The van der Waals surface area contributed by atoms with E-state index in [2.05, 4.69) is 0 Å². The van der Waals surface area contributed by atoms with Gasteiger partial charge < -0.3 is 0 Å². The molecule has 0 unspecified atom stereocenters. The zero-order valence-electron chi connectivity index (χ0n) is 15.1. The Kier molecular flexibility index (Phi) is 6.04. The van der Waals surface area contributed by atoms with Gasteiger partial charge in [-0.1, -0.05) is 26.7 Å². The number of rotatable bonds is 5. The largest absolute Gasteiger partial charge is 0.206 e. The summed E-state index contributed by atoms with van der Waals surface area (Å²) in [5, 5.41) is 0. The molecule has 2 aromatic rings. The summed E-state index contributed by atoms with van der Waals surface area (Å²) in [4.78, 5) is 0. The van der Waals surface area contributed by atoms with Gasteiger partial charge in [0.15, 0.2) is 29.1 Å². The maximum absolute atomic E-state index is 14.8. The average Bonchev–Trinajstić information content (AvgIpc) is 2.62. The van der Waals surface area contributed by atoms with Gasteiger partial charge in [-0.3, -0.25) is 0 Å². The quantitative estimate of drug-likeness (QED) is 0.310. The SMILES string of the molecule is CCCc1c(C)c(F)c(F)c(F)c1-c1c(F)c(F)c(C)c(F)c1CCC. The van der Waals surface area contributed by atoms with Gasteiger partial charge in [0.25, 0.3) is 0 Å². The van der Waals surface area contributed by atoms with Gasteiger partial charge in [0.05, 0.1) is 0 Å². The van der Waals surface area contributed by atoms with Gasteiger partial charge in [0.2, 0.25) is 0 Å². The Morgan fingerprint density at radius 3 is 1.46 bits per heavy atom. The molecule has 142 valence electrons. The minimum absolute atomic E-state index is 0.00224. The average molecular weight is 374 g/mol. The van der Waals surface area contributed by atoms with E-state index in [1.165, 1.54) is 6.92 Å². The van der Waals surface area contributed by atoms with Crippen molar-refractivity contribution in [3.8, 4) is 11.1 Å². The van der Waals surface area contributed by atoms with E-state index >= 15 is 0 Å². The zero-order valence-corrected chi connectivity index (χ0v) is 15.1. The molecule has 0 aromatic heterocycles. The molecule has 0 aliphatic rings. The lowest BCUT2D eigenvalue weighted by Gasteiger charge is -2.20. The van der Waals surface area contributed by atoms with E-state index in [-0.39, 0.29) is 29.5 Å². The maximum atomic E-state index is 14.8. The van der Waals surface area contributed by atoms with Crippen molar-refractivity contribution in [2.45, 2.75) is 53.4 Å². The van der Waals surface area contributed by atoms with Crippen molar-refractivity contribution < 1.29 is 26.3 Å². The monoisotopic (exact) mass is 374 g/mol. The van der Waals surface area contributed by atoms with Crippen LogP contribution in [0, 0.1) is 48.8 Å². The van der Waals surface area contributed by atoms with Gasteiger partial charge in [-0.25, -0.2) is 26.3 Å². The van der Waals surface area contributed by atoms with E-state index in [1.54, 1.807) is 13.8 Å². The van der Waals surface area contributed by atoms with Crippen molar-refractivity contribution in [2.75, 3.05) is 0 Å². The first-order valence-electron chi connectivity index (χ1n) is 8.51. The Hall–Kier alpha value is -1.98. The lowest BCUT2D eigenvalue weighted by molar-refractivity contribution is 0.441. The Labute approximate surface area is 148 Å². The van der Waals surface area contributed by atoms with Crippen molar-refractivity contribution in [1.82, 2.24) is 0 Å². The van der Waals surface area contributed by atoms with Gasteiger partial charge in [-0.15, -0.1) is 0 Å². The lowest BCUT2D eigenvalue weighted by atomic mass is 9.86. The second-order valence-corrected chi connectivity index (χ2v) is 6.34.